The molecule has 15 heteroatoms. The summed E-state index contributed by atoms with van der Waals surface area (Å²) in [6, 6.07) is 5.61. The summed E-state index contributed by atoms with van der Waals surface area (Å²) < 4.78 is 16.1. The fraction of sp³-hybridized carbons (Fsp3) is 0.346. The summed E-state index contributed by atoms with van der Waals surface area (Å²) >= 11 is 12.3. The van der Waals surface area contributed by atoms with Crippen molar-refractivity contribution in [3.05, 3.63) is 64.4 Å². The molecule has 13 nitrogen and oxygen atoms in total. The minimum Gasteiger partial charge on any atom is -0.480 e. The van der Waals surface area contributed by atoms with Crippen molar-refractivity contribution in [1.29, 1.82) is 0 Å². The van der Waals surface area contributed by atoms with Crippen LogP contribution in [0.1, 0.15) is 22.7 Å². The van der Waals surface area contributed by atoms with E-state index < -0.39 is 23.9 Å². The first-order chi connectivity index (χ1) is 19.7. The second-order valence-corrected chi connectivity index (χ2v) is 9.33. The van der Waals surface area contributed by atoms with E-state index in [-0.39, 0.29) is 37.6 Å². The molecule has 220 valence electrons. The third-order valence-electron chi connectivity index (χ3n) is 5.50. The number of hydrogen-bond acceptors (Lipinski definition) is 10. The highest BCUT2D eigenvalue weighted by Crippen LogP contribution is 2.31. The average molecular weight is 610 g/mol. The van der Waals surface area contributed by atoms with Gasteiger partial charge in [0.1, 0.15) is 12.2 Å². The number of halogens is 2. The molecular formula is C26H29Cl2N5O8. The Balaban J connectivity index is 1.56. The van der Waals surface area contributed by atoms with Crippen LogP contribution in [0.2, 0.25) is 10.0 Å². The van der Waals surface area contributed by atoms with E-state index in [9.17, 15) is 19.5 Å². The maximum absolute atomic E-state index is 13.2. The van der Waals surface area contributed by atoms with Gasteiger partial charge in [-0.3, -0.25) is 15.1 Å². The third-order valence-corrected chi connectivity index (χ3v) is 6.07. The van der Waals surface area contributed by atoms with Gasteiger partial charge in [0.05, 0.1) is 49.3 Å². The number of aromatic nitrogens is 2. The van der Waals surface area contributed by atoms with Gasteiger partial charge < -0.3 is 34.7 Å². The van der Waals surface area contributed by atoms with Crippen molar-refractivity contribution in [2.75, 3.05) is 44.8 Å². The fourth-order valence-electron chi connectivity index (χ4n) is 3.53. The minimum atomic E-state index is -1.22. The molecule has 0 aliphatic carbocycles. The molecule has 2 aromatic heterocycles. The van der Waals surface area contributed by atoms with E-state index >= 15 is 0 Å². The Hall–Kier alpha value is -3.59. The lowest BCUT2D eigenvalue weighted by molar-refractivity contribution is -0.142. The Morgan fingerprint density at radius 1 is 1.02 bits per heavy atom. The summed E-state index contributed by atoms with van der Waals surface area (Å²) in [6.45, 7) is 1.37. The van der Waals surface area contributed by atoms with Crippen LogP contribution in [0.4, 0.5) is 5.69 Å². The number of pyridine rings is 1. The summed E-state index contributed by atoms with van der Waals surface area (Å²) in [6.07, 6.45) is 4.38. The molecule has 1 amide bonds. The predicted octanol–water partition coefficient (Wildman–Crippen LogP) is 2.94. The first-order valence-corrected chi connectivity index (χ1v) is 13.2. The first-order valence-electron chi connectivity index (χ1n) is 12.4. The van der Waals surface area contributed by atoms with Gasteiger partial charge in [0, 0.05) is 29.5 Å². The molecule has 2 heterocycles. The van der Waals surface area contributed by atoms with Gasteiger partial charge in [0.25, 0.3) is 0 Å². The van der Waals surface area contributed by atoms with Crippen LogP contribution in [0.25, 0.3) is 11.3 Å². The number of amides is 1. The quantitative estimate of drug-likeness (QED) is 0.133. The molecule has 0 fully saturated rings. The Morgan fingerprint density at radius 3 is 2.61 bits per heavy atom. The van der Waals surface area contributed by atoms with Gasteiger partial charge in [-0.25, -0.2) is 14.6 Å². The van der Waals surface area contributed by atoms with Gasteiger partial charge in [0.15, 0.2) is 5.76 Å². The van der Waals surface area contributed by atoms with E-state index in [4.69, 9.17) is 42.2 Å². The van der Waals surface area contributed by atoms with Crippen molar-refractivity contribution in [1.82, 2.24) is 20.6 Å². The number of carbonyl (C=O) groups is 3. The molecule has 3 aromatic rings. The summed E-state index contributed by atoms with van der Waals surface area (Å²) in [4.78, 5) is 43.2. The minimum absolute atomic E-state index is 0.0951. The summed E-state index contributed by atoms with van der Waals surface area (Å²) in [5.41, 5.74) is 0.550. The van der Waals surface area contributed by atoms with Gasteiger partial charge in [-0.1, -0.05) is 23.2 Å². The number of carboxylic acids is 2. The van der Waals surface area contributed by atoms with Gasteiger partial charge in [0.2, 0.25) is 11.8 Å². The lowest BCUT2D eigenvalue weighted by Gasteiger charge is -2.19. The van der Waals surface area contributed by atoms with Gasteiger partial charge >= 0.3 is 11.9 Å². The number of oxazole rings is 1. The molecule has 3 rings (SSSR count). The zero-order valence-corrected chi connectivity index (χ0v) is 23.3. The molecule has 1 unspecified atom stereocenters. The van der Waals surface area contributed by atoms with Gasteiger partial charge in [-0.15, -0.1) is 0 Å². The molecule has 1 aromatic carbocycles. The first kappa shape index (κ1) is 31.9. The molecule has 0 saturated carbocycles. The molecule has 0 radical (unpaired) electrons. The van der Waals surface area contributed by atoms with Crippen LogP contribution in [0.15, 0.2) is 47.3 Å². The topological polar surface area (TPSA) is 185 Å². The number of benzene rings is 1. The maximum atomic E-state index is 13.2. The second kappa shape index (κ2) is 16.6. The monoisotopic (exact) mass is 609 g/mol. The van der Waals surface area contributed by atoms with E-state index in [1.807, 2.05) is 0 Å². The van der Waals surface area contributed by atoms with Crippen LogP contribution < -0.4 is 16.0 Å². The molecule has 0 aliphatic heterocycles. The van der Waals surface area contributed by atoms with Crippen LogP contribution in [0.3, 0.4) is 0 Å². The van der Waals surface area contributed by atoms with E-state index in [2.05, 4.69) is 25.9 Å². The number of nitrogens with zero attached hydrogens (tertiary/aromatic N) is 2. The summed E-state index contributed by atoms with van der Waals surface area (Å²) in [7, 11) is 0. The standard InChI is InChI=1S/C26H29Cl2N5O8/c27-16-1-2-19(28)17(11-16)22-13-32-23(41-22)14-31-21(4-5-29-7-8-39-9-10-40-15-24(34)35)25(36)33-20-3-6-30-12-18(20)26(37)38/h1-3,6,11-13,21,29,31H,4-5,7-10,14-15H2,(H,34,35)(H,37,38)(H,30,33,36). The number of hydrogen-bond donors (Lipinski definition) is 5. The van der Waals surface area contributed by atoms with E-state index in [0.29, 0.717) is 53.4 Å². The predicted molar refractivity (Wildman–Crippen MR) is 149 cm³/mol. The highest BCUT2D eigenvalue weighted by atomic mass is 35.5. The van der Waals surface area contributed by atoms with E-state index in [1.165, 1.54) is 18.5 Å². The number of carbonyl (C=O) groups excluding carboxylic acids is 1. The molecule has 0 spiro atoms. The number of rotatable bonds is 18. The van der Waals surface area contributed by atoms with Crippen LogP contribution in [-0.4, -0.2) is 83.6 Å². The van der Waals surface area contributed by atoms with Crippen molar-refractivity contribution in [3.63, 3.8) is 0 Å². The zero-order valence-electron chi connectivity index (χ0n) is 21.8. The molecule has 0 aliphatic rings. The van der Waals surface area contributed by atoms with Crippen molar-refractivity contribution >= 4 is 46.7 Å². The van der Waals surface area contributed by atoms with E-state index in [1.54, 1.807) is 18.2 Å². The molecule has 1 atom stereocenters. The molecule has 0 bridgehead atoms. The smallest absolute Gasteiger partial charge is 0.339 e. The molecule has 0 saturated heterocycles. The van der Waals surface area contributed by atoms with Crippen LogP contribution >= 0.6 is 23.2 Å². The van der Waals surface area contributed by atoms with E-state index in [0.717, 1.165) is 6.20 Å². The maximum Gasteiger partial charge on any atom is 0.339 e. The number of nitrogens with one attached hydrogen (secondary N) is 3. The summed E-state index contributed by atoms with van der Waals surface area (Å²) in [5.74, 6) is -2.02. The van der Waals surface area contributed by atoms with Crippen LogP contribution in [-0.2, 0) is 25.6 Å². The Morgan fingerprint density at radius 2 is 1.83 bits per heavy atom. The SMILES string of the molecule is O=C(O)COCCOCCNCCC(NCc1ncc(-c2cc(Cl)ccc2Cl)o1)C(=O)Nc1ccncc1C(=O)O. The van der Waals surface area contributed by atoms with Crippen molar-refractivity contribution in [2.45, 2.75) is 19.0 Å². The number of anilines is 1. The fourth-order valence-corrected chi connectivity index (χ4v) is 3.91. The highest BCUT2D eigenvalue weighted by molar-refractivity contribution is 6.35. The average Bonchev–Trinajstić information content (AvgIpc) is 3.41. The number of carboxylic acid groups (broad SMARTS) is 2. The second-order valence-electron chi connectivity index (χ2n) is 8.49. The Bertz CT molecular complexity index is 1320. The third kappa shape index (κ3) is 10.7. The van der Waals surface area contributed by atoms with Gasteiger partial charge in [-0.05, 0) is 37.2 Å². The normalized spacial score (nSPS) is 11.8. The lowest BCUT2D eigenvalue weighted by Crippen LogP contribution is -2.42. The van der Waals surface area contributed by atoms with Crippen LogP contribution in [0, 0.1) is 0 Å². The Kier molecular flexibility index (Phi) is 12.9. The van der Waals surface area contributed by atoms with Crippen molar-refractivity contribution in [2.24, 2.45) is 0 Å². The van der Waals surface area contributed by atoms with Crippen molar-refractivity contribution in [3.8, 4) is 11.3 Å². The lowest BCUT2D eigenvalue weighted by atomic mass is 10.1. The summed E-state index contributed by atoms with van der Waals surface area (Å²) in [5, 5.41) is 27.8. The van der Waals surface area contributed by atoms with Crippen molar-refractivity contribution < 1.29 is 38.5 Å². The number of ether oxygens (including phenoxy) is 2. The molecular weight excluding hydrogens is 581 g/mol. The zero-order chi connectivity index (χ0) is 29.6. The number of aliphatic carboxylic acids is 1. The van der Waals surface area contributed by atoms with Gasteiger partial charge in [-0.2, -0.15) is 0 Å². The molecule has 5 N–H and O–H groups in total. The largest absolute Gasteiger partial charge is 0.480 e. The molecule has 41 heavy (non-hydrogen) atoms. The van der Waals surface area contributed by atoms with Crippen LogP contribution in [0.5, 0.6) is 0 Å². The highest BCUT2D eigenvalue weighted by Gasteiger charge is 2.21. The number of aromatic carboxylic acids is 1. The Labute approximate surface area is 245 Å².